The van der Waals surface area contributed by atoms with Gasteiger partial charge in [0.2, 0.25) is 5.88 Å². The summed E-state index contributed by atoms with van der Waals surface area (Å²) in [4.78, 5) is 0. The van der Waals surface area contributed by atoms with Crippen molar-refractivity contribution in [1.29, 1.82) is 0 Å². The Kier molecular flexibility index (Phi) is 4.36. The third-order valence-corrected chi connectivity index (χ3v) is 3.15. The van der Waals surface area contributed by atoms with Gasteiger partial charge in [-0.25, -0.2) is 4.68 Å². The molecule has 1 aromatic heterocycles. The predicted octanol–water partition coefficient (Wildman–Crippen LogP) is 4.03. The quantitative estimate of drug-likeness (QED) is 0.917. The number of aryl methyl sites for hydroxylation is 1. The molecule has 0 unspecified atom stereocenters. The molecule has 21 heavy (non-hydrogen) atoms. The number of ether oxygens (including phenoxy) is 1. The Balaban J connectivity index is 2.47. The third kappa shape index (κ3) is 3.25. The summed E-state index contributed by atoms with van der Waals surface area (Å²) in [5.74, 6) is -0.137. The smallest absolute Gasteiger partial charge is 0.435 e. The van der Waals surface area contributed by atoms with Crippen LogP contribution in [0.15, 0.2) is 18.2 Å². The number of aliphatic hydroxyl groups is 1. The van der Waals surface area contributed by atoms with Gasteiger partial charge in [0.25, 0.3) is 0 Å². The van der Waals surface area contributed by atoms with E-state index in [0.717, 1.165) is 4.68 Å². The Labute approximate surface area is 127 Å². The van der Waals surface area contributed by atoms with Crippen molar-refractivity contribution in [2.75, 3.05) is 0 Å². The van der Waals surface area contributed by atoms with Crippen LogP contribution in [0.5, 0.6) is 11.6 Å². The van der Waals surface area contributed by atoms with Gasteiger partial charge in [-0.2, -0.15) is 18.3 Å². The maximum absolute atomic E-state index is 12.8. The molecule has 0 aliphatic carbocycles. The van der Waals surface area contributed by atoms with Gasteiger partial charge in [0.15, 0.2) is 5.69 Å². The minimum atomic E-state index is -4.69. The average Bonchev–Trinajstić information content (AvgIpc) is 2.69. The first kappa shape index (κ1) is 15.9. The van der Waals surface area contributed by atoms with Crippen molar-refractivity contribution in [2.24, 2.45) is 7.05 Å². The zero-order valence-electron chi connectivity index (χ0n) is 10.6. The molecule has 4 nitrogen and oxygen atoms in total. The number of hydrogen-bond donors (Lipinski definition) is 1. The summed E-state index contributed by atoms with van der Waals surface area (Å²) in [6.07, 6.45) is -4.69. The number of aliphatic hydroxyl groups excluding tert-OH is 1. The van der Waals surface area contributed by atoms with Crippen molar-refractivity contribution in [3.63, 3.8) is 0 Å². The summed E-state index contributed by atoms with van der Waals surface area (Å²) >= 11 is 11.6. The second-order valence-corrected chi connectivity index (χ2v) is 4.93. The molecule has 0 atom stereocenters. The van der Waals surface area contributed by atoms with Crippen LogP contribution in [0.4, 0.5) is 13.2 Å². The summed E-state index contributed by atoms with van der Waals surface area (Å²) in [6.45, 7) is -0.872. The van der Waals surface area contributed by atoms with E-state index in [0.29, 0.717) is 5.02 Å². The summed E-state index contributed by atoms with van der Waals surface area (Å²) in [6, 6.07) is 4.27. The molecule has 0 bridgehead atoms. The van der Waals surface area contributed by atoms with E-state index in [4.69, 9.17) is 27.9 Å². The molecule has 9 heteroatoms. The molecule has 1 N–H and O–H groups in total. The Morgan fingerprint density at radius 1 is 1.33 bits per heavy atom. The van der Waals surface area contributed by atoms with Crippen LogP contribution in [0.3, 0.4) is 0 Å². The molecule has 0 amide bonds. The molecule has 2 rings (SSSR count). The lowest BCUT2D eigenvalue weighted by atomic mass is 10.2. The van der Waals surface area contributed by atoms with Crippen molar-refractivity contribution in [2.45, 2.75) is 12.8 Å². The molecule has 0 aliphatic heterocycles. The molecular formula is C12H9Cl2F3N2O2. The Bertz CT molecular complexity index is 671. The summed E-state index contributed by atoms with van der Waals surface area (Å²) in [5, 5.41) is 13.0. The first-order chi connectivity index (χ1) is 9.74. The molecule has 2 aromatic rings. The molecule has 0 aliphatic rings. The number of rotatable bonds is 3. The largest absolute Gasteiger partial charge is 0.437 e. The number of aromatic nitrogens is 2. The zero-order chi connectivity index (χ0) is 15.8. The molecule has 114 valence electrons. The number of hydrogen-bond acceptors (Lipinski definition) is 3. The molecule has 0 radical (unpaired) electrons. The van der Waals surface area contributed by atoms with Gasteiger partial charge in [0.05, 0.1) is 17.2 Å². The van der Waals surface area contributed by atoms with Crippen molar-refractivity contribution in [3.8, 4) is 11.6 Å². The van der Waals surface area contributed by atoms with Crippen LogP contribution in [-0.2, 0) is 19.8 Å². The fraction of sp³-hybridized carbons (Fsp3) is 0.250. The normalized spacial score (nSPS) is 11.8. The Morgan fingerprint density at radius 3 is 2.52 bits per heavy atom. The predicted molar refractivity (Wildman–Crippen MR) is 70.7 cm³/mol. The first-order valence-electron chi connectivity index (χ1n) is 5.61. The molecule has 0 fully saturated rings. The summed E-state index contributed by atoms with van der Waals surface area (Å²) in [7, 11) is 1.27. The Hall–Kier alpha value is -1.44. The number of nitrogens with zero attached hydrogens (tertiary/aromatic N) is 2. The van der Waals surface area contributed by atoms with Crippen LogP contribution in [-0.4, -0.2) is 14.9 Å². The highest BCUT2D eigenvalue weighted by Gasteiger charge is 2.39. The second-order valence-electron chi connectivity index (χ2n) is 4.09. The van der Waals surface area contributed by atoms with E-state index < -0.39 is 24.0 Å². The maximum atomic E-state index is 12.8. The number of alkyl halides is 3. The molecular weight excluding hydrogens is 332 g/mol. The van der Waals surface area contributed by atoms with Crippen LogP contribution >= 0.6 is 23.2 Å². The van der Waals surface area contributed by atoms with Crippen molar-refractivity contribution >= 4 is 23.2 Å². The lowest BCUT2D eigenvalue weighted by Gasteiger charge is -2.10. The third-order valence-electron chi connectivity index (χ3n) is 2.62. The lowest BCUT2D eigenvalue weighted by Crippen LogP contribution is -2.09. The molecule has 1 aromatic carbocycles. The van der Waals surface area contributed by atoms with E-state index in [-0.39, 0.29) is 16.7 Å². The van der Waals surface area contributed by atoms with E-state index >= 15 is 0 Å². The molecule has 1 heterocycles. The fourth-order valence-corrected chi connectivity index (χ4v) is 2.16. The van der Waals surface area contributed by atoms with Gasteiger partial charge in [-0.3, -0.25) is 0 Å². The highest BCUT2D eigenvalue weighted by molar-refractivity contribution is 6.35. The van der Waals surface area contributed by atoms with Crippen LogP contribution < -0.4 is 4.74 Å². The first-order valence-corrected chi connectivity index (χ1v) is 6.36. The monoisotopic (exact) mass is 340 g/mol. The minimum Gasteiger partial charge on any atom is -0.437 e. The van der Waals surface area contributed by atoms with Gasteiger partial charge < -0.3 is 9.84 Å². The lowest BCUT2D eigenvalue weighted by molar-refractivity contribution is -0.142. The number of benzene rings is 1. The zero-order valence-corrected chi connectivity index (χ0v) is 12.1. The summed E-state index contributed by atoms with van der Waals surface area (Å²) < 4.78 is 44.7. The number of halogens is 5. The summed E-state index contributed by atoms with van der Waals surface area (Å²) in [5.41, 5.74) is -1.66. The van der Waals surface area contributed by atoms with Crippen LogP contribution in [0.25, 0.3) is 0 Å². The average molecular weight is 341 g/mol. The van der Waals surface area contributed by atoms with Crippen LogP contribution in [0.2, 0.25) is 10.0 Å². The fourth-order valence-electron chi connectivity index (χ4n) is 1.71. The van der Waals surface area contributed by atoms with E-state index in [1.54, 1.807) is 0 Å². The van der Waals surface area contributed by atoms with E-state index in [1.165, 1.54) is 25.2 Å². The Morgan fingerprint density at radius 2 is 2.00 bits per heavy atom. The minimum absolute atomic E-state index is 0.104. The highest BCUT2D eigenvalue weighted by atomic mass is 35.5. The van der Waals surface area contributed by atoms with Crippen molar-refractivity contribution in [1.82, 2.24) is 9.78 Å². The van der Waals surface area contributed by atoms with Crippen LogP contribution in [0.1, 0.15) is 11.3 Å². The SMILES string of the molecule is Cn1nc(C(F)(F)F)c(CO)c1Oc1ccc(Cl)cc1Cl. The highest BCUT2D eigenvalue weighted by Crippen LogP contribution is 2.38. The molecule has 0 saturated heterocycles. The van der Waals surface area contributed by atoms with Gasteiger partial charge in [0, 0.05) is 12.1 Å². The molecule has 0 saturated carbocycles. The van der Waals surface area contributed by atoms with Crippen molar-refractivity contribution in [3.05, 3.63) is 39.5 Å². The van der Waals surface area contributed by atoms with Gasteiger partial charge >= 0.3 is 6.18 Å². The second kappa shape index (κ2) is 5.75. The van der Waals surface area contributed by atoms with Gasteiger partial charge in [0.1, 0.15) is 5.75 Å². The van der Waals surface area contributed by atoms with Gasteiger partial charge in [-0.15, -0.1) is 0 Å². The maximum Gasteiger partial charge on any atom is 0.435 e. The van der Waals surface area contributed by atoms with Gasteiger partial charge in [-0.1, -0.05) is 23.2 Å². The van der Waals surface area contributed by atoms with E-state index in [9.17, 15) is 18.3 Å². The van der Waals surface area contributed by atoms with E-state index in [2.05, 4.69) is 5.10 Å². The standard InChI is InChI=1S/C12H9Cl2F3N2O2/c1-19-11(7(5-20)10(18-19)12(15,16)17)21-9-3-2-6(13)4-8(9)14/h2-4,20H,5H2,1H3. The topological polar surface area (TPSA) is 47.3 Å². The van der Waals surface area contributed by atoms with E-state index in [1.807, 2.05) is 0 Å². The molecule has 0 spiro atoms. The van der Waals surface area contributed by atoms with Crippen molar-refractivity contribution < 1.29 is 23.0 Å². The van der Waals surface area contributed by atoms with Crippen LogP contribution in [0, 0.1) is 0 Å². The van der Waals surface area contributed by atoms with Gasteiger partial charge in [-0.05, 0) is 18.2 Å².